The van der Waals surface area contributed by atoms with Gasteiger partial charge in [-0.05, 0) is 36.4 Å². The van der Waals surface area contributed by atoms with E-state index in [1.807, 2.05) is 66.7 Å². The van der Waals surface area contributed by atoms with Gasteiger partial charge in [-0.15, -0.1) is 0 Å². The molecule has 4 aromatic rings. The number of nitrogens with zero attached hydrogens (tertiary/aromatic N) is 4. The summed E-state index contributed by atoms with van der Waals surface area (Å²) in [6.45, 7) is 0. The van der Waals surface area contributed by atoms with Crippen LogP contribution in [0.4, 0.5) is 5.69 Å². The number of para-hydroxylation sites is 2. The molecule has 24 heavy (non-hydrogen) atoms. The van der Waals surface area contributed by atoms with Crippen LogP contribution >= 0.6 is 0 Å². The van der Waals surface area contributed by atoms with E-state index >= 15 is 0 Å². The molecule has 2 aromatic carbocycles. The van der Waals surface area contributed by atoms with Crippen LogP contribution in [0.3, 0.4) is 0 Å². The van der Waals surface area contributed by atoms with E-state index < -0.39 is 0 Å². The minimum Gasteiger partial charge on any atom is -0.252 e. The molecule has 0 atom stereocenters. The van der Waals surface area contributed by atoms with Crippen LogP contribution in [0.5, 0.6) is 0 Å². The van der Waals surface area contributed by atoms with Crippen LogP contribution in [0.25, 0.3) is 11.3 Å². The first-order valence-electron chi connectivity index (χ1n) is 7.58. The minimum atomic E-state index is -0.207. The molecule has 4 rings (SSSR count). The van der Waals surface area contributed by atoms with E-state index in [4.69, 9.17) is 0 Å². The summed E-state index contributed by atoms with van der Waals surface area (Å²) in [6.07, 6.45) is 1.70. The van der Waals surface area contributed by atoms with Crippen molar-refractivity contribution in [3.05, 3.63) is 101 Å². The number of rotatable bonds is 2. The molecular formula is C19H14N4O. The molecule has 0 N–H and O–H groups in total. The van der Waals surface area contributed by atoms with Gasteiger partial charge in [-0.3, -0.25) is 4.40 Å². The van der Waals surface area contributed by atoms with E-state index in [9.17, 15) is 4.79 Å². The van der Waals surface area contributed by atoms with Crippen molar-refractivity contribution >= 4 is 11.3 Å². The molecule has 116 valence electrons. The Labute approximate surface area is 137 Å². The van der Waals surface area contributed by atoms with E-state index in [1.54, 1.807) is 18.3 Å². The predicted octanol–water partition coefficient (Wildman–Crippen LogP) is 2.72. The van der Waals surface area contributed by atoms with Crippen molar-refractivity contribution in [2.75, 3.05) is 0 Å². The van der Waals surface area contributed by atoms with Gasteiger partial charge in [-0.2, -0.15) is 4.98 Å². The van der Waals surface area contributed by atoms with Crippen LogP contribution in [-0.4, -0.2) is 14.0 Å². The third-order valence-electron chi connectivity index (χ3n) is 3.65. The second kappa shape index (κ2) is 5.96. The maximum Gasteiger partial charge on any atom is 0.341 e. The summed E-state index contributed by atoms with van der Waals surface area (Å²) in [6, 6.07) is 24.3. The number of aromatic nitrogens is 3. The Kier molecular flexibility index (Phi) is 3.51. The molecule has 0 fully saturated rings. The van der Waals surface area contributed by atoms with Crippen molar-refractivity contribution in [3.8, 4) is 5.69 Å². The van der Waals surface area contributed by atoms with Crippen LogP contribution < -0.4 is 11.3 Å². The standard InChI is InChI=1S/C19H14N4O/c24-19-22-14-8-7-13-17(22)21-18(20-15-9-3-1-4-10-15)23(19)16-11-5-2-6-12-16/h1-14H. The van der Waals surface area contributed by atoms with E-state index in [1.165, 1.54) is 8.97 Å². The molecule has 0 spiro atoms. The average Bonchev–Trinajstić information content (AvgIpc) is 2.64. The van der Waals surface area contributed by atoms with Gasteiger partial charge in [0.2, 0.25) is 5.62 Å². The molecule has 0 saturated heterocycles. The first-order chi connectivity index (χ1) is 11.8. The quantitative estimate of drug-likeness (QED) is 0.571. The van der Waals surface area contributed by atoms with Crippen LogP contribution in [0.15, 0.2) is 94.8 Å². The monoisotopic (exact) mass is 314 g/mol. The van der Waals surface area contributed by atoms with Gasteiger partial charge in [-0.25, -0.2) is 14.4 Å². The number of pyridine rings is 1. The Hall–Kier alpha value is -3.47. The maximum absolute atomic E-state index is 13.0. The van der Waals surface area contributed by atoms with E-state index in [-0.39, 0.29) is 5.69 Å². The van der Waals surface area contributed by atoms with Crippen molar-refractivity contribution < 1.29 is 0 Å². The van der Waals surface area contributed by atoms with E-state index in [2.05, 4.69) is 9.98 Å². The van der Waals surface area contributed by atoms with Crippen molar-refractivity contribution in [2.45, 2.75) is 0 Å². The molecule has 0 aliphatic rings. The highest BCUT2D eigenvalue weighted by Gasteiger charge is 2.08. The second-order valence-corrected chi connectivity index (χ2v) is 5.24. The first-order valence-corrected chi connectivity index (χ1v) is 7.58. The Bertz CT molecular complexity index is 1110. The van der Waals surface area contributed by atoms with Crippen LogP contribution in [0.1, 0.15) is 0 Å². The minimum absolute atomic E-state index is 0.207. The molecule has 0 radical (unpaired) electrons. The summed E-state index contributed by atoms with van der Waals surface area (Å²) in [5.41, 5.74) is 2.17. The van der Waals surface area contributed by atoms with Gasteiger partial charge < -0.3 is 0 Å². The zero-order valence-corrected chi connectivity index (χ0v) is 12.8. The predicted molar refractivity (Wildman–Crippen MR) is 92.5 cm³/mol. The highest BCUT2D eigenvalue weighted by Crippen LogP contribution is 2.08. The lowest BCUT2D eigenvalue weighted by Crippen LogP contribution is -2.38. The Balaban J connectivity index is 2.12. The van der Waals surface area contributed by atoms with Gasteiger partial charge in [0.05, 0.1) is 11.4 Å². The lowest BCUT2D eigenvalue weighted by Gasteiger charge is -2.08. The van der Waals surface area contributed by atoms with Crippen molar-refractivity contribution in [1.29, 1.82) is 0 Å². The van der Waals surface area contributed by atoms with Gasteiger partial charge in [0.15, 0.2) is 0 Å². The molecule has 5 nitrogen and oxygen atoms in total. The topological polar surface area (TPSA) is 51.7 Å². The molecule has 0 amide bonds. The van der Waals surface area contributed by atoms with Gasteiger partial charge >= 0.3 is 5.69 Å². The van der Waals surface area contributed by atoms with Crippen LogP contribution in [-0.2, 0) is 0 Å². The fourth-order valence-electron chi connectivity index (χ4n) is 2.53. The Morgan fingerprint density at radius 3 is 2.21 bits per heavy atom. The van der Waals surface area contributed by atoms with Crippen molar-refractivity contribution in [3.63, 3.8) is 0 Å². The molecule has 5 heteroatoms. The smallest absolute Gasteiger partial charge is 0.252 e. The highest BCUT2D eigenvalue weighted by atomic mass is 16.1. The second-order valence-electron chi connectivity index (χ2n) is 5.24. The lowest BCUT2D eigenvalue weighted by molar-refractivity contribution is 0.773. The Morgan fingerprint density at radius 1 is 0.792 bits per heavy atom. The van der Waals surface area contributed by atoms with Gasteiger partial charge in [0.1, 0.15) is 5.65 Å². The lowest BCUT2D eigenvalue weighted by atomic mass is 10.3. The van der Waals surface area contributed by atoms with Crippen molar-refractivity contribution in [1.82, 2.24) is 14.0 Å². The molecule has 2 aromatic heterocycles. The fraction of sp³-hybridized carbons (Fsp3) is 0. The maximum atomic E-state index is 13.0. The van der Waals surface area contributed by atoms with Crippen LogP contribution in [0.2, 0.25) is 0 Å². The fourth-order valence-corrected chi connectivity index (χ4v) is 2.53. The SMILES string of the molecule is O=c1n(-c2ccccc2)c(=Nc2ccccc2)nc2ccccn12. The summed E-state index contributed by atoms with van der Waals surface area (Å²) >= 11 is 0. The number of benzene rings is 2. The van der Waals surface area contributed by atoms with E-state index in [0.29, 0.717) is 11.3 Å². The van der Waals surface area contributed by atoms with Gasteiger partial charge in [0, 0.05) is 6.20 Å². The summed E-state index contributed by atoms with van der Waals surface area (Å²) in [7, 11) is 0. The number of hydrogen-bond acceptors (Lipinski definition) is 3. The first kappa shape index (κ1) is 14.1. The van der Waals surface area contributed by atoms with Gasteiger partial charge in [0.25, 0.3) is 0 Å². The molecule has 0 saturated carbocycles. The summed E-state index contributed by atoms with van der Waals surface area (Å²) in [5, 5.41) is 0. The summed E-state index contributed by atoms with van der Waals surface area (Å²) in [5.74, 6) is 0. The third kappa shape index (κ3) is 2.52. The zero-order valence-electron chi connectivity index (χ0n) is 12.8. The van der Waals surface area contributed by atoms with Gasteiger partial charge in [-0.1, -0.05) is 42.5 Å². The zero-order chi connectivity index (χ0) is 16.4. The van der Waals surface area contributed by atoms with Crippen molar-refractivity contribution in [2.24, 2.45) is 4.99 Å². The number of fused-ring (bicyclic) bond motifs is 1. The third-order valence-corrected chi connectivity index (χ3v) is 3.65. The molecule has 0 bridgehead atoms. The molecule has 0 unspecified atom stereocenters. The molecular weight excluding hydrogens is 300 g/mol. The van der Waals surface area contributed by atoms with Crippen LogP contribution in [0, 0.1) is 0 Å². The summed E-state index contributed by atoms with van der Waals surface area (Å²) in [4.78, 5) is 22.1. The molecule has 0 aliphatic carbocycles. The molecule has 2 heterocycles. The average molecular weight is 314 g/mol. The van der Waals surface area contributed by atoms with E-state index in [0.717, 1.165) is 11.4 Å². The normalized spacial score (nSPS) is 11.8. The largest absolute Gasteiger partial charge is 0.341 e. The Morgan fingerprint density at radius 2 is 1.46 bits per heavy atom. The number of hydrogen-bond donors (Lipinski definition) is 0. The summed E-state index contributed by atoms with van der Waals surface area (Å²) < 4.78 is 3.02. The molecule has 0 aliphatic heterocycles. The highest BCUT2D eigenvalue weighted by molar-refractivity contribution is 5.40.